The van der Waals surface area contributed by atoms with E-state index >= 15 is 0 Å². The number of hydrogen-bond acceptors (Lipinski definition) is 6. The average Bonchev–Trinajstić information content (AvgIpc) is 2.89. The predicted octanol–water partition coefficient (Wildman–Crippen LogP) is 3.80. The first kappa shape index (κ1) is 34.8. The molecule has 0 saturated heterocycles. The molecule has 0 aromatic heterocycles. The first-order valence-corrected chi connectivity index (χ1v) is 15.7. The first-order chi connectivity index (χ1) is 19.4. The highest BCUT2D eigenvalue weighted by molar-refractivity contribution is 7.92. The number of hydrogen-bond donors (Lipinski definition) is 4. The van der Waals surface area contributed by atoms with Crippen LogP contribution >= 0.6 is 0 Å². The Morgan fingerprint density at radius 1 is 0.929 bits per heavy atom. The van der Waals surface area contributed by atoms with Gasteiger partial charge >= 0.3 is 5.97 Å². The number of carbonyl (C=O) groups is 3. The topological polar surface area (TPSA) is 153 Å². The Kier molecular flexibility index (Phi) is 12.1. The standard InChI is InChI=1S/C31H45N3O7S/c1-20(2)16-25(26(35)17-21(3)28(36)33-27(30(38)39)31(4,5)6)32-29(37)23-14-11-15-24(18-23)34(7)42(40,41)19-22-12-9-8-10-13-22/h8-15,18,20-21,25-27,35H,16-17,19H2,1-7H3,(H,32,37)(H,33,36)(H,38,39)/t21?,25-,26?,27+/m0/s1. The van der Waals surface area contributed by atoms with Crippen LogP contribution in [0.2, 0.25) is 0 Å². The third-order valence-corrected chi connectivity index (χ3v) is 8.77. The van der Waals surface area contributed by atoms with Gasteiger partial charge in [-0.3, -0.25) is 13.9 Å². The molecule has 4 atom stereocenters. The van der Waals surface area contributed by atoms with Gasteiger partial charge in [-0.05, 0) is 47.9 Å². The van der Waals surface area contributed by atoms with E-state index in [1.165, 1.54) is 13.1 Å². The Morgan fingerprint density at radius 2 is 1.55 bits per heavy atom. The molecule has 0 aliphatic rings. The number of aliphatic carboxylic acids is 1. The van der Waals surface area contributed by atoms with Gasteiger partial charge in [-0.2, -0.15) is 0 Å². The summed E-state index contributed by atoms with van der Waals surface area (Å²) < 4.78 is 27.2. The molecular weight excluding hydrogens is 558 g/mol. The van der Waals surface area contributed by atoms with Gasteiger partial charge in [-0.1, -0.05) is 77.9 Å². The summed E-state index contributed by atoms with van der Waals surface area (Å²) in [7, 11) is -2.29. The van der Waals surface area contributed by atoms with Crippen LogP contribution in [0, 0.1) is 17.3 Å². The first-order valence-electron chi connectivity index (χ1n) is 14.0. The molecule has 0 spiro atoms. The second-order valence-corrected chi connectivity index (χ2v) is 14.3. The van der Waals surface area contributed by atoms with Crippen molar-refractivity contribution in [3.8, 4) is 0 Å². The number of rotatable bonds is 14. The Bertz CT molecular complexity index is 1320. The van der Waals surface area contributed by atoms with Crippen molar-refractivity contribution >= 4 is 33.5 Å². The lowest BCUT2D eigenvalue weighted by Gasteiger charge is -2.30. The molecule has 0 heterocycles. The maximum Gasteiger partial charge on any atom is 0.326 e. The van der Waals surface area contributed by atoms with Gasteiger partial charge in [0.05, 0.1) is 23.6 Å². The molecule has 2 aromatic rings. The van der Waals surface area contributed by atoms with Crippen molar-refractivity contribution in [3.05, 3.63) is 65.7 Å². The van der Waals surface area contributed by atoms with E-state index in [9.17, 15) is 33.0 Å². The number of aliphatic hydroxyl groups is 1. The van der Waals surface area contributed by atoms with Gasteiger partial charge in [0, 0.05) is 18.5 Å². The zero-order chi connectivity index (χ0) is 31.8. The zero-order valence-corrected chi connectivity index (χ0v) is 26.3. The van der Waals surface area contributed by atoms with E-state index in [2.05, 4.69) is 10.6 Å². The van der Waals surface area contributed by atoms with Gasteiger partial charge in [0.15, 0.2) is 0 Å². The number of sulfonamides is 1. The summed E-state index contributed by atoms with van der Waals surface area (Å²) >= 11 is 0. The maximum atomic E-state index is 13.3. The van der Waals surface area contributed by atoms with E-state index < -0.39 is 57.3 Å². The van der Waals surface area contributed by atoms with Crippen LogP contribution in [0.25, 0.3) is 0 Å². The van der Waals surface area contributed by atoms with Crippen molar-refractivity contribution < 1.29 is 33.0 Å². The number of benzene rings is 2. The Balaban J connectivity index is 2.16. The second kappa shape index (κ2) is 14.6. The highest BCUT2D eigenvalue weighted by Crippen LogP contribution is 2.23. The van der Waals surface area contributed by atoms with Crippen LogP contribution in [0.15, 0.2) is 54.6 Å². The van der Waals surface area contributed by atoms with Crippen LogP contribution in [0.5, 0.6) is 0 Å². The summed E-state index contributed by atoms with van der Waals surface area (Å²) in [4.78, 5) is 37.7. The minimum Gasteiger partial charge on any atom is -0.480 e. The molecule has 0 saturated carbocycles. The summed E-state index contributed by atoms with van der Waals surface area (Å²) in [6.45, 7) is 10.6. The highest BCUT2D eigenvalue weighted by Gasteiger charge is 2.35. The normalized spacial score (nSPS) is 14.9. The molecule has 0 aliphatic carbocycles. The minimum absolute atomic E-state index is 0.000485. The van der Waals surface area contributed by atoms with E-state index in [1.807, 2.05) is 19.9 Å². The molecule has 2 rings (SSSR count). The van der Waals surface area contributed by atoms with Crippen LogP contribution in [0.4, 0.5) is 5.69 Å². The molecule has 2 aromatic carbocycles. The molecular formula is C31H45N3O7S. The van der Waals surface area contributed by atoms with Crippen LogP contribution < -0.4 is 14.9 Å². The summed E-state index contributed by atoms with van der Waals surface area (Å²) in [6, 6.07) is 13.2. The number of carbonyl (C=O) groups excluding carboxylic acids is 2. The van der Waals surface area contributed by atoms with E-state index in [-0.39, 0.29) is 23.7 Å². The van der Waals surface area contributed by atoms with Crippen LogP contribution in [0.1, 0.15) is 70.3 Å². The molecule has 42 heavy (non-hydrogen) atoms. The van der Waals surface area contributed by atoms with Gasteiger partial charge in [-0.25, -0.2) is 13.2 Å². The molecule has 0 radical (unpaired) electrons. The molecule has 2 unspecified atom stereocenters. The number of amides is 2. The van der Waals surface area contributed by atoms with Crippen molar-refractivity contribution in [1.82, 2.24) is 10.6 Å². The third-order valence-electron chi connectivity index (χ3n) is 7.03. The zero-order valence-electron chi connectivity index (χ0n) is 25.5. The number of aliphatic hydroxyl groups excluding tert-OH is 1. The van der Waals surface area contributed by atoms with Crippen LogP contribution in [-0.2, 0) is 25.4 Å². The third kappa shape index (κ3) is 10.1. The Morgan fingerprint density at radius 3 is 2.10 bits per heavy atom. The Labute approximate surface area is 249 Å². The quantitative estimate of drug-likeness (QED) is 0.256. The number of anilines is 1. The molecule has 11 heteroatoms. The van der Waals surface area contributed by atoms with Crippen molar-refractivity contribution in [2.45, 2.75) is 78.3 Å². The molecule has 0 bridgehead atoms. The van der Waals surface area contributed by atoms with Gasteiger partial charge in [-0.15, -0.1) is 0 Å². The van der Waals surface area contributed by atoms with Crippen molar-refractivity contribution in [1.29, 1.82) is 0 Å². The van der Waals surface area contributed by atoms with E-state index in [4.69, 9.17) is 0 Å². The van der Waals surface area contributed by atoms with Gasteiger partial charge in [0.25, 0.3) is 5.91 Å². The minimum atomic E-state index is -3.72. The second-order valence-electron chi connectivity index (χ2n) is 12.3. The molecule has 0 aliphatic heterocycles. The number of carboxylic acid groups (broad SMARTS) is 1. The van der Waals surface area contributed by atoms with E-state index in [1.54, 1.807) is 70.2 Å². The number of nitrogens with one attached hydrogen (secondary N) is 2. The van der Waals surface area contributed by atoms with Crippen molar-refractivity contribution in [3.63, 3.8) is 0 Å². The molecule has 0 fully saturated rings. The van der Waals surface area contributed by atoms with Crippen molar-refractivity contribution in [2.24, 2.45) is 17.3 Å². The smallest absolute Gasteiger partial charge is 0.326 e. The van der Waals surface area contributed by atoms with Gasteiger partial charge in [0.2, 0.25) is 15.9 Å². The number of carboxylic acids is 1. The summed E-state index contributed by atoms with van der Waals surface area (Å²) in [5, 5.41) is 26.0. The summed E-state index contributed by atoms with van der Waals surface area (Å²) in [5.41, 5.74) is 0.466. The van der Waals surface area contributed by atoms with E-state index in [0.717, 1.165) is 4.31 Å². The lowest BCUT2D eigenvalue weighted by Crippen LogP contribution is -2.51. The van der Waals surface area contributed by atoms with Crippen LogP contribution in [0.3, 0.4) is 0 Å². The van der Waals surface area contributed by atoms with Gasteiger partial charge < -0.3 is 20.8 Å². The van der Waals surface area contributed by atoms with Gasteiger partial charge in [0.1, 0.15) is 6.04 Å². The maximum absolute atomic E-state index is 13.3. The molecule has 232 valence electrons. The summed E-state index contributed by atoms with van der Waals surface area (Å²) in [6.07, 6.45) is -0.667. The van der Waals surface area contributed by atoms with Crippen molar-refractivity contribution in [2.75, 3.05) is 11.4 Å². The molecule has 4 N–H and O–H groups in total. The fraction of sp³-hybridized carbons (Fsp3) is 0.516. The lowest BCUT2D eigenvalue weighted by molar-refractivity contribution is -0.145. The molecule has 10 nitrogen and oxygen atoms in total. The summed E-state index contributed by atoms with van der Waals surface area (Å²) in [5.74, 6) is -2.95. The van der Waals surface area contributed by atoms with E-state index in [0.29, 0.717) is 17.7 Å². The average molecular weight is 604 g/mol. The fourth-order valence-corrected chi connectivity index (χ4v) is 5.77. The number of nitrogens with zero attached hydrogens (tertiary/aromatic N) is 1. The highest BCUT2D eigenvalue weighted by atomic mass is 32.2. The largest absolute Gasteiger partial charge is 0.480 e. The lowest BCUT2D eigenvalue weighted by atomic mass is 9.86. The SMILES string of the molecule is CC(C)C[C@H](NC(=O)c1cccc(N(C)S(=O)(=O)Cc2ccccc2)c1)C(O)CC(C)C(=O)N[C@H](C(=O)O)C(C)(C)C. The van der Waals surface area contributed by atoms with Crippen LogP contribution in [-0.4, -0.2) is 61.6 Å². The fourth-order valence-electron chi connectivity index (χ4n) is 4.52. The predicted molar refractivity (Wildman–Crippen MR) is 163 cm³/mol. The Hall–Kier alpha value is -3.44. The molecule has 2 amide bonds. The monoisotopic (exact) mass is 603 g/mol.